The van der Waals surface area contributed by atoms with Crippen LogP contribution in [0.2, 0.25) is 0 Å². The van der Waals surface area contributed by atoms with Crippen LogP contribution in [0.15, 0.2) is 16.6 Å². The number of halogens is 2. The summed E-state index contributed by atoms with van der Waals surface area (Å²) in [6.45, 7) is 0. The fourth-order valence-electron chi connectivity index (χ4n) is 1.67. The smallest absolute Gasteiger partial charge is 0.345 e. The molecule has 8 heteroatoms. The molecule has 0 amide bonds. The van der Waals surface area contributed by atoms with E-state index in [0.717, 1.165) is 6.07 Å². The summed E-state index contributed by atoms with van der Waals surface area (Å²) in [5.41, 5.74) is -0.598. The van der Waals surface area contributed by atoms with E-state index in [1.54, 1.807) is 0 Å². The third kappa shape index (κ3) is 3.01. The van der Waals surface area contributed by atoms with Crippen molar-refractivity contribution < 1.29 is 24.0 Å². The van der Waals surface area contributed by atoms with Crippen LogP contribution in [0.25, 0.3) is 0 Å². The first-order valence-electron chi connectivity index (χ1n) is 5.43. The Labute approximate surface area is 115 Å². The van der Waals surface area contributed by atoms with E-state index in [9.17, 15) is 19.3 Å². The van der Waals surface area contributed by atoms with E-state index in [-0.39, 0.29) is 16.1 Å². The van der Waals surface area contributed by atoms with Gasteiger partial charge in [0.1, 0.15) is 5.82 Å². The highest BCUT2D eigenvalue weighted by Crippen LogP contribution is 2.41. The molecule has 0 saturated heterocycles. The number of hydrogen-bond donors (Lipinski definition) is 1. The number of benzene rings is 1. The average molecular weight is 334 g/mol. The van der Waals surface area contributed by atoms with E-state index in [1.165, 1.54) is 0 Å². The second-order valence-electron chi connectivity index (χ2n) is 4.21. The third-order valence-electron chi connectivity index (χ3n) is 2.72. The van der Waals surface area contributed by atoms with Gasteiger partial charge < -0.3 is 9.84 Å². The lowest BCUT2D eigenvalue weighted by Gasteiger charge is -2.15. The molecule has 0 aromatic heterocycles. The van der Waals surface area contributed by atoms with Crippen molar-refractivity contribution in [2.45, 2.75) is 18.9 Å². The van der Waals surface area contributed by atoms with Gasteiger partial charge in [-0.3, -0.25) is 10.1 Å². The summed E-state index contributed by atoms with van der Waals surface area (Å²) in [6, 6.07) is 1.69. The van der Waals surface area contributed by atoms with Crippen molar-refractivity contribution in [3.05, 3.63) is 32.5 Å². The van der Waals surface area contributed by atoms with E-state index in [0.29, 0.717) is 18.9 Å². The van der Waals surface area contributed by atoms with Gasteiger partial charge in [0.25, 0.3) is 0 Å². The van der Waals surface area contributed by atoms with Crippen LogP contribution in [-0.2, 0) is 4.79 Å². The zero-order valence-electron chi connectivity index (χ0n) is 9.51. The van der Waals surface area contributed by atoms with Crippen LogP contribution in [0.3, 0.4) is 0 Å². The molecule has 19 heavy (non-hydrogen) atoms. The molecule has 1 fully saturated rings. The minimum Gasteiger partial charge on any atom is -0.478 e. The molecule has 1 aliphatic rings. The maximum atomic E-state index is 13.1. The fourth-order valence-corrected chi connectivity index (χ4v) is 2.19. The Hall–Kier alpha value is -1.70. The van der Waals surface area contributed by atoms with Crippen molar-refractivity contribution in [1.29, 1.82) is 0 Å². The van der Waals surface area contributed by atoms with Gasteiger partial charge in [-0.15, -0.1) is 0 Å². The van der Waals surface area contributed by atoms with Gasteiger partial charge in [-0.2, -0.15) is 0 Å². The molecule has 1 N–H and O–H groups in total. The van der Waals surface area contributed by atoms with Crippen LogP contribution >= 0.6 is 15.9 Å². The van der Waals surface area contributed by atoms with E-state index in [4.69, 9.17) is 9.84 Å². The SMILES string of the molecule is O=C(O)C(Oc1c(Br)cc(F)cc1[N+](=O)[O-])C1CC1. The number of nitro benzene ring substituents is 1. The predicted molar refractivity (Wildman–Crippen MR) is 65.5 cm³/mol. The Bertz CT molecular complexity index is 546. The van der Waals surface area contributed by atoms with E-state index < -0.39 is 28.5 Å². The number of rotatable bonds is 5. The van der Waals surface area contributed by atoms with Crippen LogP contribution in [0, 0.1) is 21.8 Å². The molecule has 2 rings (SSSR count). The molecule has 0 aliphatic heterocycles. The molecular formula is C11H9BrFNO5. The number of carboxylic acid groups (broad SMARTS) is 1. The zero-order chi connectivity index (χ0) is 14.2. The number of hydrogen-bond acceptors (Lipinski definition) is 4. The highest BCUT2D eigenvalue weighted by Gasteiger charge is 2.40. The van der Waals surface area contributed by atoms with Crippen molar-refractivity contribution in [2.24, 2.45) is 5.92 Å². The van der Waals surface area contributed by atoms with Crippen LogP contribution in [-0.4, -0.2) is 22.1 Å². The quantitative estimate of drug-likeness (QED) is 0.661. The summed E-state index contributed by atoms with van der Waals surface area (Å²) in [5.74, 6) is -2.41. The van der Waals surface area contributed by atoms with Gasteiger partial charge in [0.2, 0.25) is 5.75 Å². The first-order chi connectivity index (χ1) is 8.90. The lowest BCUT2D eigenvalue weighted by Crippen LogP contribution is -2.29. The first kappa shape index (κ1) is 13.7. The van der Waals surface area contributed by atoms with Crippen LogP contribution in [0.1, 0.15) is 12.8 Å². The lowest BCUT2D eigenvalue weighted by molar-refractivity contribution is -0.386. The fraction of sp³-hybridized carbons (Fsp3) is 0.364. The molecule has 1 aromatic carbocycles. The van der Waals surface area contributed by atoms with Crippen molar-refractivity contribution in [3.63, 3.8) is 0 Å². The summed E-state index contributed by atoms with van der Waals surface area (Å²) < 4.78 is 18.4. The van der Waals surface area contributed by atoms with Crippen LogP contribution < -0.4 is 4.74 Å². The minimum absolute atomic E-state index is 0.0195. The molecule has 1 aromatic rings. The molecule has 0 heterocycles. The summed E-state index contributed by atoms with van der Waals surface area (Å²) >= 11 is 2.95. The molecule has 1 atom stereocenters. The maximum absolute atomic E-state index is 13.1. The summed E-state index contributed by atoms with van der Waals surface area (Å²) in [4.78, 5) is 21.1. The highest BCUT2D eigenvalue weighted by atomic mass is 79.9. The van der Waals surface area contributed by atoms with Crippen LogP contribution in [0.5, 0.6) is 5.75 Å². The Morgan fingerprint density at radius 2 is 2.21 bits per heavy atom. The topological polar surface area (TPSA) is 89.7 Å². The number of carbonyl (C=O) groups is 1. The first-order valence-corrected chi connectivity index (χ1v) is 6.22. The Morgan fingerprint density at radius 3 is 2.68 bits per heavy atom. The third-order valence-corrected chi connectivity index (χ3v) is 3.31. The van der Waals surface area contributed by atoms with E-state index in [2.05, 4.69) is 15.9 Å². The van der Waals surface area contributed by atoms with Gasteiger partial charge >= 0.3 is 11.7 Å². The predicted octanol–water partition coefficient (Wildman–Crippen LogP) is 2.74. The molecule has 1 aliphatic carbocycles. The average Bonchev–Trinajstić information content (AvgIpc) is 3.10. The Kier molecular flexibility index (Phi) is 3.70. The van der Waals surface area contributed by atoms with Gasteiger partial charge in [0.15, 0.2) is 6.10 Å². The summed E-state index contributed by atoms with van der Waals surface area (Å²) in [5, 5.41) is 19.9. The van der Waals surface area contributed by atoms with Crippen LogP contribution in [0.4, 0.5) is 10.1 Å². The van der Waals surface area contributed by atoms with Gasteiger partial charge in [0.05, 0.1) is 15.5 Å². The number of carboxylic acids is 1. The monoisotopic (exact) mass is 333 g/mol. The van der Waals surface area contributed by atoms with E-state index >= 15 is 0 Å². The van der Waals surface area contributed by atoms with Gasteiger partial charge in [-0.05, 0) is 34.8 Å². The minimum atomic E-state index is -1.19. The molecule has 0 spiro atoms. The van der Waals surface area contributed by atoms with E-state index in [1.807, 2.05) is 0 Å². The number of ether oxygens (including phenoxy) is 1. The maximum Gasteiger partial charge on any atom is 0.345 e. The van der Waals surface area contributed by atoms with Gasteiger partial charge in [-0.1, -0.05) is 0 Å². The number of nitrogens with zero attached hydrogens (tertiary/aromatic N) is 1. The van der Waals surface area contributed by atoms with Gasteiger partial charge in [0, 0.05) is 5.92 Å². The number of aliphatic carboxylic acids is 1. The second kappa shape index (κ2) is 5.12. The lowest BCUT2D eigenvalue weighted by atomic mass is 10.2. The standard InChI is InChI=1S/C11H9BrFNO5/c12-7-3-6(13)4-8(14(17)18)10(7)19-9(11(15)16)5-1-2-5/h3-5,9H,1-2H2,(H,15,16). The molecule has 0 bridgehead atoms. The zero-order valence-corrected chi connectivity index (χ0v) is 11.1. The number of nitro groups is 1. The second-order valence-corrected chi connectivity index (χ2v) is 5.06. The van der Waals surface area contributed by atoms with Crippen molar-refractivity contribution in [3.8, 4) is 5.75 Å². The molecule has 0 radical (unpaired) electrons. The Morgan fingerprint density at radius 1 is 1.58 bits per heavy atom. The molecular weight excluding hydrogens is 325 g/mol. The molecule has 102 valence electrons. The highest BCUT2D eigenvalue weighted by molar-refractivity contribution is 9.10. The molecule has 1 saturated carbocycles. The van der Waals surface area contributed by atoms with Crippen molar-refractivity contribution >= 4 is 27.6 Å². The molecule has 1 unspecified atom stereocenters. The summed E-state index contributed by atoms with van der Waals surface area (Å²) in [6.07, 6.45) is 0.244. The van der Waals surface area contributed by atoms with Crippen molar-refractivity contribution in [2.75, 3.05) is 0 Å². The van der Waals surface area contributed by atoms with Gasteiger partial charge in [-0.25, -0.2) is 9.18 Å². The summed E-state index contributed by atoms with van der Waals surface area (Å²) in [7, 11) is 0. The Balaban J connectivity index is 2.37. The normalized spacial score (nSPS) is 15.9. The molecule has 6 nitrogen and oxygen atoms in total. The van der Waals surface area contributed by atoms with Crippen molar-refractivity contribution in [1.82, 2.24) is 0 Å². The largest absolute Gasteiger partial charge is 0.478 e.